The van der Waals surface area contributed by atoms with Crippen LogP contribution in [0.4, 0.5) is 18.9 Å². The Labute approximate surface area is 134 Å². The van der Waals surface area contributed by atoms with Gasteiger partial charge in [-0.25, -0.2) is 9.67 Å². The first-order valence-electron chi connectivity index (χ1n) is 6.74. The van der Waals surface area contributed by atoms with Gasteiger partial charge in [0.1, 0.15) is 18.3 Å². The molecule has 0 saturated carbocycles. The zero-order valence-electron chi connectivity index (χ0n) is 12.0. The molecule has 9 heteroatoms. The van der Waals surface area contributed by atoms with Crippen LogP contribution in [0.1, 0.15) is 16.1 Å². The van der Waals surface area contributed by atoms with Gasteiger partial charge in [0.25, 0.3) is 5.91 Å². The monoisotopic (exact) mass is 333 g/mol. The second-order valence-electron chi connectivity index (χ2n) is 4.74. The Morgan fingerprint density at radius 2 is 2.00 bits per heavy atom. The minimum Gasteiger partial charge on any atom is -0.321 e. The van der Waals surface area contributed by atoms with Crippen molar-refractivity contribution in [3.05, 3.63) is 66.5 Å². The van der Waals surface area contributed by atoms with Crippen molar-refractivity contribution in [3.8, 4) is 5.69 Å². The molecule has 1 N–H and O–H groups in total. The first kappa shape index (κ1) is 15.7. The van der Waals surface area contributed by atoms with Crippen molar-refractivity contribution in [2.75, 3.05) is 5.32 Å². The fourth-order valence-corrected chi connectivity index (χ4v) is 2.07. The summed E-state index contributed by atoms with van der Waals surface area (Å²) < 4.78 is 40.9. The second kappa shape index (κ2) is 6.11. The summed E-state index contributed by atoms with van der Waals surface area (Å²) in [5.41, 5.74) is -1.02. The quantitative estimate of drug-likeness (QED) is 0.800. The van der Waals surface area contributed by atoms with E-state index in [4.69, 9.17) is 0 Å². The van der Waals surface area contributed by atoms with Crippen LogP contribution in [-0.4, -0.2) is 25.7 Å². The smallest absolute Gasteiger partial charge is 0.321 e. The van der Waals surface area contributed by atoms with Crippen LogP contribution in [0, 0.1) is 0 Å². The van der Waals surface area contributed by atoms with Crippen LogP contribution in [0.2, 0.25) is 0 Å². The van der Waals surface area contributed by atoms with Gasteiger partial charge in [-0.3, -0.25) is 9.78 Å². The Balaban J connectivity index is 1.95. The predicted octanol–water partition coefficient (Wildman–Crippen LogP) is 2.93. The number of carbonyl (C=O) groups excluding carboxylic acids is 1. The third kappa shape index (κ3) is 3.24. The topological polar surface area (TPSA) is 72.7 Å². The highest BCUT2D eigenvalue weighted by atomic mass is 19.4. The molecule has 0 unspecified atom stereocenters. The third-order valence-electron chi connectivity index (χ3n) is 3.12. The van der Waals surface area contributed by atoms with Crippen molar-refractivity contribution in [1.29, 1.82) is 0 Å². The summed E-state index contributed by atoms with van der Waals surface area (Å²) in [4.78, 5) is 19.5. The molecule has 0 aliphatic rings. The normalized spacial score (nSPS) is 11.3. The Morgan fingerprint density at radius 1 is 1.17 bits per heavy atom. The van der Waals surface area contributed by atoms with Crippen molar-refractivity contribution < 1.29 is 18.0 Å². The van der Waals surface area contributed by atoms with Crippen LogP contribution in [0.25, 0.3) is 5.69 Å². The lowest BCUT2D eigenvalue weighted by Crippen LogP contribution is -2.16. The zero-order chi connectivity index (χ0) is 17.2. The third-order valence-corrected chi connectivity index (χ3v) is 3.12. The second-order valence-corrected chi connectivity index (χ2v) is 4.74. The van der Waals surface area contributed by atoms with Gasteiger partial charge in [0.05, 0.1) is 11.3 Å². The number of alkyl halides is 3. The van der Waals surface area contributed by atoms with Gasteiger partial charge in [0, 0.05) is 11.9 Å². The number of pyridine rings is 1. The van der Waals surface area contributed by atoms with E-state index in [1.54, 1.807) is 12.1 Å². The van der Waals surface area contributed by atoms with Gasteiger partial charge in [-0.1, -0.05) is 6.07 Å². The predicted molar refractivity (Wildman–Crippen MR) is 78.6 cm³/mol. The van der Waals surface area contributed by atoms with E-state index in [1.165, 1.54) is 24.4 Å². The number of nitrogens with one attached hydrogen (secondary N) is 1. The lowest BCUT2D eigenvalue weighted by atomic mass is 10.1. The van der Waals surface area contributed by atoms with Crippen LogP contribution in [0.3, 0.4) is 0 Å². The van der Waals surface area contributed by atoms with E-state index < -0.39 is 17.6 Å². The van der Waals surface area contributed by atoms with Gasteiger partial charge in [-0.2, -0.15) is 18.3 Å². The fourth-order valence-electron chi connectivity index (χ4n) is 2.07. The Kier molecular flexibility index (Phi) is 3.98. The number of anilines is 1. The molecule has 2 aromatic heterocycles. The van der Waals surface area contributed by atoms with Crippen LogP contribution < -0.4 is 5.32 Å². The number of nitrogens with zero attached hydrogens (tertiary/aromatic N) is 4. The van der Waals surface area contributed by atoms with Crippen molar-refractivity contribution in [3.63, 3.8) is 0 Å². The Hall–Kier alpha value is -3.23. The highest BCUT2D eigenvalue weighted by molar-refractivity contribution is 6.02. The van der Waals surface area contributed by atoms with Crippen molar-refractivity contribution in [2.45, 2.75) is 6.18 Å². The summed E-state index contributed by atoms with van der Waals surface area (Å²) >= 11 is 0. The summed E-state index contributed by atoms with van der Waals surface area (Å²) in [5.74, 6) is -0.600. The van der Waals surface area contributed by atoms with Gasteiger partial charge < -0.3 is 5.32 Å². The van der Waals surface area contributed by atoms with E-state index in [0.717, 1.165) is 23.4 Å². The number of hydrogen-bond donors (Lipinski definition) is 1. The molecule has 3 rings (SSSR count). The largest absolute Gasteiger partial charge is 0.418 e. The molecule has 0 aliphatic heterocycles. The average molecular weight is 333 g/mol. The highest BCUT2D eigenvalue weighted by Crippen LogP contribution is 2.35. The van der Waals surface area contributed by atoms with Gasteiger partial charge in [0.2, 0.25) is 0 Å². The molecule has 2 heterocycles. The standard InChI is InChI=1S/C15H10F3N5O/c16-15(17,18)11-7-10(4-5-13(11)23-9-19-8-21-23)22-14(24)12-3-1-2-6-20-12/h1-9H,(H,22,24). The molecule has 0 saturated heterocycles. The molecule has 122 valence electrons. The number of aromatic nitrogens is 4. The number of halogens is 3. The minimum absolute atomic E-state index is 0.00171. The summed E-state index contributed by atoms with van der Waals surface area (Å²) in [6.45, 7) is 0. The van der Waals surface area contributed by atoms with Crippen LogP contribution in [0.15, 0.2) is 55.2 Å². The van der Waals surface area contributed by atoms with Crippen molar-refractivity contribution in [1.82, 2.24) is 19.7 Å². The molecule has 0 fully saturated rings. The molecule has 3 aromatic rings. The molecule has 0 spiro atoms. The number of benzene rings is 1. The van der Waals surface area contributed by atoms with E-state index >= 15 is 0 Å². The molecule has 1 aromatic carbocycles. The maximum atomic E-state index is 13.3. The van der Waals surface area contributed by atoms with Crippen LogP contribution >= 0.6 is 0 Å². The molecule has 0 atom stereocenters. The SMILES string of the molecule is O=C(Nc1ccc(-n2cncn2)c(C(F)(F)F)c1)c1ccccn1. The maximum Gasteiger partial charge on any atom is 0.418 e. The Bertz CT molecular complexity index is 847. The minimum atomic E-state index is -4.62. The first-order chi connectivity index (χ1) is 11.4. The molecule has 1 amide bonds. The van der Waals surface area contributed by atoms with E-state index in [9.17, 15) is 18.0 Å². The summed E-state index contributed by atoms with van der Waals surface area (Å²) in [5, 5.41) is 6.10. The van der Waals surface area contributed by atoms with Crippen molar-refractivity contribution in [2.24, 2.45) is 0 Å². The Morgan fingerprint density at radius 3 is 2.62 bits per heavy atom. The van der Waals surface area contributed by atoms with Crippen molar-refractivity contribution >= 4 is 11.6 Å². The molecule has 24 heavy (non-hydrogen) atoms. The molecule has 6 nitrogen and oxygen atoms in total. The van der Waals surface area contributed by atoms with Gasteiger partial charge in [-0.15, -0.1) is 0 Å². The summed E-state index contributed by atoms with van der Waals surface area (Å²) in [6, 6.07) is 8.11. The lowest BCUT2D eigenvalue weighted by molar-refractivity contribution is -0.137. The van der Waals surface area contributed by atoms with E-state index in [0.29, 0.717) is 0 Å². The summed E-state index contributed by atoms with van der Waals surface area (Å²) in [7, 11) is 0. The molecule has 0 bridgehead atoms. The van der Waals surface area contributed by atoms with Crippen LogP contribution in [-0.2, 0) is 6.18 Å². The number of hydrogen-bond acceptors (Lipinski definition) is 4. The molecule has 0 radical (unpaired) electrons. The fraction of sp³-hybridized carbons (Fsp3) is 0.0667. The average Bonchev–Trinajstić information content (AvgIpc) is 3.09. The van der Waals surface area contributed by atoms with Gasteiger partial charge >= 0.3 is 6.18 Å². The molecular weight excluding hydrogens is 323 g/mol. The number of rotatable bonds is 3. The van der Waals surface area contributed by atoms with Crippen LogP contribution in [0.5, 0.6) is 0 Å². The molecular formula is C15H10F3N5O. The summed E-state index contributed by atoms with van der Waals surface area (Å²) in [6.07, 6.45) is -0.898. The van der Waals surface area contributed by atoms with E-state index in [1.807, 2.05) is 0 Å². The first-order valence-corrected chi connectivity index (χ1v) is 6.74. The lowest BCUT2D eigenvalue weighted by Gasteiger charge is -2.14. The number of carbonyl (C=O) groups is 1. The van der Waals surface area contributed by atoms with Gasteiger partial charge in [0.15, 0.2) is 0 Å². The zero-order valence-corrected chi connectivity index (χ0v) is 12.0. The van der Waals surface area contributed by atoms with E-state index in [2.05, 4.69) is 20.4 Å². The van der Waals surface area contributed by atoms with E-state index in [-0.39, 0.29) is 17.1 Å². The van der Waals surface area contributed by atoms with Gasteiger partial charge in [-0.05, 0) is 30.3 Å². The number of amides is 1. The highest BCUT2D eigenvalue weighted by Gasteiger charge is 2.34. The molecule has 0 aliphatic carbocycles. The maximum absolute atomic E-state index is 13.3.